The van der Waals surface area contributed by atoms with Crippen molar-refractivity contribution in [1.29, 1.82) is 0 Å². The lowest BCUT2D eigenvalue weighted by atomic mass is 10.3. The number of para-hydroxylation sites is 1. The maximum atomic E-state index is 4.37. The van der Waals surface area contributed by atoms with Crippen LogP contribution in [0.15, 0.2) is 42.7 Å². The van der Waals surface area contributed by atoms with Gasteiger partial charge in [-0.15, -0.1) is 0 Å². The first-order chi connectivity index (χ1) is 8.34. The van der Waals surface area contributed by atoms with Crippen LogP contribution in [0.3, 0.4) is 0 Å². The van der Waals surface area contributed by atoms with E-state index in [1.54, 1.807) is 0 Å². The molecule has 1 aliphatic rings. The first-order valence-electron chi connectivity index (χ1n) is 6.17. The van der Waals surface area contributed by atoms with Crippen LogP contribution in [0.4, 0.5) is 5.95 Å². The highest BCUT2D eigenvalue weighted by Gasteiger charge is 2.32. The second-order valence-corrected chi connectivity index (χ2v) is 4.81. The molecule has 1 aromatic carbocycles. The topological polar surface area (TPSA) is 29.9 Å². The van der Waals surface area contributed by atoms with Gasteiger partial charge in [0.1, 0.15) is 0 Å². The van der Waals surface area contributed by atoms with E-state index in [-0.39, 0.29) is 0 Å². The maximum absolute atomic E-state index is 4.37. The molecule has 1 fully saturated rings. The molecule has 2 atom stereocenters. The summed E-state index contributed by atoms with van der Waals surface area (Å²) in [5.74, 6) is 2.65. The molecule has 0 aliphatic heterocycles. The summed E-state index contributed by atoms with van der Waals surface area (Å²) in [6, 6.07) is 10.3. The van der Waals surface area contributed by atoms with Crippen molar-refractivity contribution < 1.29 is 0 Å². The first kappa shape index (κ1) is 10.4. The summed E-state index contributed by atoms with van der Waals surface area (Å²) in [7, 11) is 0. The fraction of sp³-hybridized carbons (Fsp3) is 0.357. The molecule has 88 valence electrons. The molecule has 2 unspecified atom stereocenters. The largest absolute Gasteiger partial charge is 0.355 e. The first-order valence-corrected chi connectivity index (χ1v) is 6.17. The summed E-state index contributed by atoms with van der Waals surface area (Å²) in [5, 5.41) is 3.44. The molecule has 3 heteroatoms. The van der Waals surface area contributed by atoms with Crippen molar-refractivity contribution in [2.45, 2.75) is 13.3 Å². The van der Waals surface area contributed by atoms with E-state index in [1.165, 1.54) is 6.42 Å². The van der Waals surface area contributed by atoms with E-state index in [0.29, 0.717) is 0 Å². The molecule has 1 aliphatic carbocycles. The number of benzene rings is 1. The van der Waals surface area contributed by atoms with E-state index < -0.39 is 0 Å². The Morgan fingerprint density at radius 2 is 2.12 bits per heavy atom. The highest BCUT2D eigenvalue weighted by atomic mass is 15.2. The summed E-state index contributed by atoms with van der Waals surface area (Å²) in [6.07, 6.45) is 5.18. The van der Waals surface area contributed by atoms with E-state index >= 15 is 0 Å². The molecule has 3 nitrogen and oxygen atoms in total. The lowest BCUT2D eigenvalue weighted by Crippen LogP contribution is -2.09. The van der Waals surface area contributed by atoms with Crippen LogP contribution in [0.2, 0.25) is 0 Å². The molecule has 0 amide bonds. The van der Waals surface area contributed by atoms with E-state index in [0.717, 1.165) is 30.0 Å². The standard InChI is InChI=1S/C14H17N3/c1-11-9-12(11)10-16-14-15-7-8-17(14)13-5-3-2-4-6-13/h2-8,11-12H,9-10H2,1H3,(H,15,16). The number of nitrogens with one attached hydrogen (secondary N) is 1. The van der Waals surface area contributed by atoms with Crippen molar-refractivity contribution in [3.63, 3.8) is 0 Å². The van der Waals surface area contributed by atoms with Crippen LogP contribution >= 0.6 is 0 Å². The minimum Gasteiger partial charge on any atom is -0.355 e. The maximum Gasteiger partial charge on any atom is 0.207 e. The van der Waals surface area contributed by atoms with E-state index in [1.807, 2.05) is 30.6 Å². The molecule has 0 radical (unpaired) electrons. The lowest BCUT2D eigenvalue weighted by molar-refractivity contribution is 0.778. The zero-order chi connectivity index (χ0) is 11.7. The van der Waals surface area contributed by atoms with Gasteiger partial charge >= 0.3 is 0 Å². The third kappa shape index (κ3) is 2.18. The van der Waals surface area contributed by atoms with Crippen molar-refractivity contribution >= 4 is 5.95 Å². The van der Waals surface area contributed by atoms with Crippen LogP contribution in [-0.4, -0.2) is 16.1 Å². The molecular formula is C14H17N3. The van der Waals surface area contributed by atoms with Gasteiger partial charge < -0.3 is 5.32 Å². The highest BCUT2D eigenvalue weighted by Crippen LogP contribution is 2.37. The Hall–Kier alpha value is -1.77. The van der Waals surface area contributed by atoms with Crippen LogP contribution < -0.4 is 5.32 Å². The van der Waals surface area contributed by atoms with E-state index in [4.69, 9.17) is 0 Å². The van der Waals surface area contributed by atoms with E-state index in [2.05, 4.69) is 33.9 Å². The number of imidazole rings is 1. The van der Waals surface area contributed by atoms with Gasteiger partial charge in [0, 0.05) is 24.6 Å². The molecule has 3 rings (SSSR count). The Balaban J connectivity index is 1.75. The molecular weight excluding hydrogens is 210 g/mol. The normalized spacial score (nSPS) is 22.4. The summed E-state index contributed by atoms with van der Waals surface area (Å²) in [6.45, 7) is 3.33. The minimum absolute atomic E-state index is 0.830. The predicted octanol–water partition coefficient (Wildman–Crippen LogP) is 2.94. The zero-order valence-electron chi connectivity index (χ0n) is 10.0. The number of hydrogen-bond acceptors (Lipinski definition) is 2. The van der Waals surface area contributed by atoms with Crippen molar-refractivity contribution in [3.8, 4) is 5.69 Å². The summed E-state index contributed by atoms with van der Waals surface area (Å²) in [4.78, 5) is 4.37. The Bertz CT molecular complexity index is 489. The summed E-state index contributed by atoms with van der Waals surface area (Å²) in [5.41, 5.74) is 1.15. The van der Waals surface area contributed by atoms with Gasteiger partial charge in [0.25, 0.3) is 0 Å². The summed E-state index contributed by atoms with van der Waals surface area (Å²) >= 11 is 0. The van der Waals surface area contributed by atoms with Crippen molar-refractivity contribution in [3.05, 3.63) is 42.7 Å². The molecule has 1 aromatic heterocycles. The second kappa shape index (κ2) is 4.24. The van der Waals surface area contributed by atoms with Gasteiger partial charge in [-0.2, -0.15) is 0 Å². The lowest BCUT2D eigenvalue weighted by Gasteiger charge is -2.09. The molecule has 1 heterocycles. The zero-order valence-corrected chi connectivity index (χ0v) is 10.0. The minimum atomic E-state index is 0.830. The van der Waals surface area contributed by atoms with Crippen LogP contribution in [0.25, 0.3) is 5.69 Å². The SMILES string of the molecule is CC1CC1CNc1nccn1-c1ccccc1. The number of hydrogen-bond donors (Lipinski definition) is 1. The number of aromatic nitrogens is 2. The van der Waals surface area contributed by atoms with Crippen molar-refractivity contribution in [1.82, 2.24) is 9.55 Å². The number of rotatable bonds is 4. The van der Waals surface area contributed by atoms with Gasteiger partial charge in [-0.05, 0) is 30.4 Å². The molecule has 1 N–H and O–H groups in total. The van der Waals surface area contributed by atoms with Gasteiger partial charge in [-0.3, -0.25) is 4.57 Å². The Kier molecular flexibility index (Phi) is 2.59. The molecule has 1 saturated carbocycles. The molecule has 0 saturated heterocycles. The van der Waals surface area contributed by atoms with Gasteiger partial charge in [0.05, 0.1) is 0 Å². The quantitative estimate of drug-likeness (QED) is 0.870. The third-order valence-corrected chi connectivity index (χ3v) is 3.47. The second-order valence-electron chi connectivity index (χ2n) is 4.81. The Labute approximate surface area is 101 Å². The van der Waals surface area contributed by atoms with E-state index in [9.17, 15) is 0 Å². The molecule has 17 heavy (non-hydrogen) atoms. The van der Waals surface area contributed by atoms with Gasteiger partial charge in [-0.25, -0.2) is 4.98 Å². The van der Waals surface area contributed by atoms with Crippen molar-refractivity contribution in [2.75, 3.05) is 11.9 Å². The smallest absolute Gasteiger partial charge is 0.207 e. The number of anilines is 1. The van der Waals surface area contributed by atoms with Crippen LogP contribution in [0.5, 0.6) is 0 Å². The van der Waals surface area contributed by atoms with Crippen LogP contribution in [0, 0.1) is 11.8 Å². The highest BCUT2D eigenvalue weighted by molar-refractivity contribution is 5.41. The Morgan fingerprint density at radius 3 is 2.82 bits per heavy atom. The van der Waals surface area contributed by atoms with Gasteiger partial charge in [0.2, 0.25) is 5.95 Å². The average Bonchev–Trinajstić information content (AvgIpc) is 2.90. The molecule has 0 spiro atoms. The fourth-order valence-corrected chi connectivity index (χ4v) is 2.14. The fourth-order valence-electron chi connectivity index (χ4n) is 2.14. The van der Waals surface area contributed by atoms with Crippen LogP contribution in [0.1, 0.15) is 13.3 Å². The molecule has 0 bridgehead atoms. The molecule has 2 aromatic rings. The monoisotopic (exact) mass is 227 g/mol. The van der Waals surface area contributed by atoms with Gasteiger partial charge in [0.15, 0.2) is 0 Å². The Morgan fingerprint density at radius 1 is 1.35 bits per heavy atom. The summed E-state index contributed by atoms with van der Waals surface area (Å²) < 4.78 is 2.09. The average molecular weight is 227 g/mol. The predicted molar refractivity (Wildman–Crippen MR) is 69.3 cm³/mol. The van der Waals surface area contributed by atoms with Crippen LogP contribution in [-0.2, 0) is 0 Å². The van der Waals surface area contributed by atoms with Crippen molar-refractivity contribution in [2.24, 2.45) is 11.8 Å². The third-order valence-electron chi connectivity index (χ3n) is 3.47. The number of nitrogens with zero attached hydrogens (tertiary/aromatic N) is 2. The van der Waals surface area contributed by atoms with Gasteiger partial charge in [-0.1, -0.05) is 25.1 Å².